The van der Waals surface area contributed by atoms with Crippen LogP contribution in [0, 0.1) is 0 Å². The SMILES string of the molecule is O=C(N[C@H]1C[C@@H](O)CN(c2cncc3nccn23)C1)c1ccc2c(c1)CCO2. The summed E-state index contributed by atoms with van der Waals surface area (Å²) >= 11 is 0. The molecular formula is C20H21N5O3. The Morgan fingerprint density at radius 3 is 3.14 bits per heavy atom. The summed E-state index contributed by atoms with van der Waals surface area (Å²) in [7, 11) is 0. The first-order valence-corrected chi connectivity index (χ1v) is 9.44. The van der Waals surface area contributed by atoms with Crippen LogP contribution >= 0.6 is 0 Å². The number of hydrogen-bond donors (Lipinski definition) is 2. The molecule has 2 aliphatic heterocycles. The molecule has 1 saturated heterocycles. The number of carbonyl (C=O) groups is 1. The second-order valence-electron chi connectivity index (χ2n) is 7.31. The molecule has 0 aliphatic carbocycles. The lowest BCUT2D eigenvalue weighted by Crippen LogP contribution is -2.53. The van der Waals surface area contributed by atoms with E-state index >= 15 is 0 Å². The zero-order chi connectivity index (χ0) is 19.1. The summed E-state index contributed by atoms with van der Waals surface area (Å²) in [5.74, 6) is 1.58. The first-order valence-electron chi connectivity index (χ1n) is 9.44. The molecule has 2 N–H and O–H groups in total. The van der Waals surface area contributed by atoms with Crippen molar-refractivity contribution in [2.75, 3.05) is 24.6 Å². The van der Waals surface area contributed by atoms with Gasteiger partial charge in [0.05, 0.1) is 25.1 Å². The Bertz CT molecular complexity index is 1030. The fourth-order valence-corrected chi connectivity index (χ4v) is 4.03. The Morgan fingerprint density at radius 2 is 2.21 bits per heavy atom. The van der Waals surface area contributed by atoms with Crippen LogP contribution in [0.4, 0.5) is 5.82 Å². The monoisotopic (exact) mass is 379 g/mol. The van der Waals surface area contributed by atoms with Gasteiger partial charge in [0.1, 0.15) is 11.6 Å². The van der Waals surface area contributed by atoms with Gasteiger partial charge in [-0.05, 0) is 30.2 Å². The van der Waals surface area contributed by atoms with Crippen molar-refractivity contribution in [2.24, 2.45) is 0 Å². The van der Waals surface area contributed by atoms with Gasteiger partial charge in [0.2, 0.25) is 0 Å². The number of carbonyl (C=O) groups excluding carboxylic acids is 1. The lowest BCUT2D eigenvalue weighted by molar-refractivity contribution is 0.0894. The highest BCUT2D eigenvalue weighted by molar-refractivity contribution is 5.94. The normalized spacial score (nSPS) is 21.4. The quantitative estimate of drug-likeness (QED) is 0.706. The van der Waals surface area contributed by atoms with Crippen LogP contribution < -0.4 is 15.0 Å². The van der Waals surface area contributed by atoms with Gasteiger partial charge >= 0.3 is 0 Å². The summed E-state index contributed by atoms with van der Waals surface area (Å²) in [6.07, 6.45) is 7.85. The molecule has 144 valence electrons. The number of piperidine rings is 1. The van der Waals surface area contributed by atoms with E-state index in [2.05, 4.69) is 15.3 Å². The Hall–Kier alpha value is -3.13. The van der Waals surface area contributed by atoms with Crippen molar-refractivity contribution < 1.29 is 14.6 Å². The number of fused-ring (bicyclic) bond motifs is 2. The molecule has 0 saturated carbocycles. The first kappa shape index (κ1) is 17.0. The lowest BCUT2D eigenvalue weighted by atomic mass is 10.0. The fourth-order valence-electron chi connectivity index (χ4n) is 4.03. The highest BCUT2D eigenvalue weighted by Crippen LogP contribution is 2.26. The molecule has 3 aromatic rings. The summed E-state index contributed by atoms with van der Waals surface area (Å²) in [6.45, 7) is 1.75. The van der Waals surface area contributed by atoms with Gasteiger partial charge in [-0.1, -0.05) is 0 Å². The number of rotatable bonds is 3. The maximum Gasteiger partial charge on any atom is 0.251 e. The molecule has 1 amide bonds. The largest absolute Gasteiger partial charge is 0.493 e. The number of aliphatic hydroxyl groups is 1. The number of benzene rings is 1. The number of amides is 1. The molecule has 2 aromatic heterocycles. The molecule has 8 nitrogen and oxygen atoms in total. The Labute approximate surface area is 161 Å². The zero-order valence-corrected chi connectivity index (χ0v) is 15.3. The van der Waals surface area contributed by atoms with E-state index in [1.165, 1.54) is 0 Å². The van der Waals surface area contributed by atoms with Crippen LogP contribution in [-0.2, 0) is 6.42 Å². The van der Waals surface area contributed by atoms with E-state index in [1.54, 1.807) is 24.7 Å². The molecule has 2 atom stereocenters. The molecular weight excluding hydrogens is 358 g/mol. The fraction of sp³-hybridized carbons (Fsp3) is 0.350. The third-order valence-electron chi connectivity index (χ3n) is 5.34. The van der Waals surface area contributed by atoms with Crippen molar-refractivity contribution in [3.05, 3.63) is 54.1 Å². The summed E-state index contributed by atoms with van der Waals surface area (Å²) in [5, 5.41) is 13.5. The van der Waals surface area contributed by atoms with Crippen molar-refractivity contribution in [1.82, 2.24) is 19.7 Å². The minimum atomic E-state index is -0.536. The van der Waals surface area contributed by atoms with Crippen LogP contribution in [0.15, 0.2) is 43.0 Å². The number of anilines is 1. The van der Waals surface area contributed by atoms with E-state index in [0.29, 0.717) is 31.7 Å². The van der Waals surface area contributed by atoms with E-state index in [4.69, 9.17) is 4.74 Å². The highest BCUT2D eigenvalue weighted by atomic mass is 16.5. The minimum absolute atomic E-state index is 0.132. The third kappa shape index (κ3) is 3.05. The number of β-amino-alcohol motifs (C(OH)–C–C–N with tert-alkyl or cyclic N) is 1. The van der Waals surface area contributed by atoms with Crippen molar-refractivity contribution >= 4 is 17.4 Å². The molecule has 4 heterocycles. The molecule has 0 bridgehead atoms. The smallest absolute Gasteiger partial charge is 0.251 e. The summed E-state index contributed by atoms with van der Waals surface area (Å²) in [4.78, 5) is 23.3. The van der Waals surface area contributed by atoms with Crippen LogP contribution in [-0.4, -0.2) is 57.2 Å². The zero-order valence-electron chi connectivity index (χ0n) is 15.3. The Morgan fingerprint density at radius 1 is 1.29 bits per heavy atom. The topological polar surface area (TPSA) is 92.0 Å². The van der Waals surface area contributed by atoms with E-state index in [9.17, 15) is 9.90 Å². The highest BCUT2D eigenvalue weighted by Gasteiger charge is 2.29. The second kappa shape index (κ2) is 6.79. The standard InChI is InChI=1S/C20H21N5O3/c26-16-8-15(23-20(27)14-1-2-17-13(7-14)3-6-28-17)11-24(12-16)19-10-21-9-18-22-4-5-25(18)19/h1-2,4-5,7,9-10,15-16,26H,3,6,8,11-12H2,(H,23,27)/t15-,16+/m0/s1. The predicted octanol–water partition coefficient (Wildman–Crippen LogP) is 1.03. The summed E-state index contributed by atoms with van der Waals surface area (Å²) in [5.41, 5.74) is 2.43. The van der Waals surface area contributed by atoms with Crippen molar-refractivity contribution in [3.63, 3.8) is 0 Å². The van der Waals surface area contributed by atoms with Gasteiger partial charge in [-0.25, -0.2) is 4.98 Å². The molecule has 0 spiro atoms. The van der Waals surface area contributed by atoms with Crippen LogP contribution in [0.5, 0.6) is 5.75 Å². The number of nitrogens with zero attached hydrogens (tertiary/aromatic N) is 4. The van der Waals surface area contributed by atoms with Crippen molar-refractivity contribution in [1.29, 1.82) is 0 Å². The molecule has 0 radical (unpaired) electrons. The molecule has 28 heavy (non-hydrogen) atoms. The van der Waals surface area contributed by atoms with Gasteiger partial charge in [-0.3, -0.25) is 14.2 Å². The van der Waals surface area contributed by atoms with Gasteiger partial charge in [0, 0.05) is 43.5 Å². The third-order valence-corrected chi connectivity index (χ3v) is 5.34. The number of aliphatic hydroxyl groups excluding tert-OH is 1. The van der Waals surface area contributed by atoms with Gasteiger partial charge < -0.3 is 20.1 Å². The minimum Gasteiger partial charge on any atom is -0.493 e. The summed E-state index contributed by atoms with van der Waals surface area (Å²) < 4.78 is 7.44. The number of nitrogens with one attached hydrogen (secondary N) is 1. The molecule has 1 fully saturated rings. The number of imidazole rings is 1. The Balaban J connectivity index is 1.34. The molecule has 8 heteroatoms. The molecule has 1 aromatic carbocycles. The Kier molecular flexibility index (Phi) is 4.12. The van der Waals surface area contributed by atoms with Gasteiger partial charge in [0.25, 0.3) is 5.91 Å². The molecule has 2 aliphatic rings. The summed E-state index contributed by atoms with van der Waals surface area (Å²) in [6, 6.07) is 5.36. The maximum atomic E-state index is 12.8. The molecule has 5 rings (SSSR count). The average Bonchev–Trinajstić information content (AvgIpc) is 3.35. The van der Waals surface area contributed by atoms with Crippen molar-refractivity contribution in [2.45, 2.75) is 25.0 Å². The number of aromatic nitrogens is 3. The predicted molar refractivity (Wildman–Crippen MR) is 103 cm³/mol. The first-order chi connectivity index (χ1) is 13.7. The number of ether oxygens (including phenoxy) is 1. The van der Waals surface area contributed by atoms with Crippen LogP contribution in [0.2, 0.25) is 0 Å². The maximum absolute atomic E-state index is 12.8. The van der Waals surface area contributed by atoms with E-state index in [1.807, 2.05) is 27.6 Å². The lowest BCUT2D eigenvalue weighted by Gasteiger charge is -2.37. The van der Waals surface area contributed by atoms with E-state index in [0.717, 1.165) is 29.2 Å². The van der Waals surface area contributed by atoms with Gasteiger partial charge in [-0.2, -0.15) is 0 Å². The number of hydrogen-bond acceptors (Lipinski definition) is 6. The molecule has 0 unspecified atom stereocenters. The second-order valence-corrected chi connectivity index (χ2v) is 7.31. The van der Waals surface area contributed by atoms with Crippen LogP contribution in [0.3, 0.4) is 0 Å². The van der Waals surface area contributed by atoms with E-state index in [-0.39, 0.29) is 11.9 Å². The van der Waals surface area contributed by atoms with E-state index < -0.39 is 6.10 Å². The van der Waals surface area contributed by atoms with Crippen molar-refractivity contribution in [3.8, 4) is 5.75 Å². The van der Waals surface area contributed by atoms with Crippen LogP contribution in [0.25, 0.3) is 5.65 Å². The van der Waals surface area contributed by atoms with Gasteiger partial charge in [0.15, 0.2) is 5.65 Å². The average molecular weight is 379 g/mol. The van der Waals surface area contributed by atoms with Gasteiger partial charge in [-0.15, -0.1) is 0 Å². The van der Waals surface area contributed by atoms with Crippen LogP contribution in [0.1, 0.15) is 22.3 Å².